The normalized spacial score (nSPS) is 10.5. The second kappa shape index (κ2) is 3.17. The molecule has 4 nitrogen and oxygen atoms in total. The van der Waals surface area contributed by atoms with Gasteiger partial charge in [0, 0.05) is 7.05 Å². The minimum atomic E-state index is -0.303. The van der Waals surface area contributed by atoms with Crippen molar-refractivity contribution in [3.05, 3.63) is 29.6 Å². The number of nitrogens with zero attached hydrogens (tertiary/aromatic N) is 4. The second-order valence-corrected chi connectivity index (χ2v) is 3.06. The lowest BCUT2D eigenvalue weighted by atomic mass is 10.1. The van der Waals surface area contributed by atoms with Crippen LogP contribution in [0.3, 0.4) is 0 Å². The number of benzene rings is 1. The van der Waals surface area contributed by atoms with Gasteiger partial charge in [-0.25, -0.2) is 9.07 Å². The summed E-state index contributed by atoms with van der Waals surface area (Å²) in [5, 5.41) is 10.9. The first kappa shape index (κ1) is 8.80. The van der Waals surface area contributed by atoms with Crippen LogP contribution in [0, 0.1) is 12.7 Å². The van der Waals surface area contributed by atoms with Gasteiger partial charge in [-0.05, 0) is 29.0 Å². The summed E-state index contributed by atoms with van der Waals surface area (Å²) in [7, 11) is 1.68. The Kier molecular flexibility index (Phi) is 1.99. The molecule has 1 aromatic carbocycles. The lowest BCUT2D eigenvalue weighted by molar-refractivity contribution is 0.626. The van der Waals surface area contributed by atoms with E-state index in [1.165, 1.54) is 10.7 Å². The Morgan fingerprint density at radius 3 is 2.71 bits per heavy atom. The van der Waals surface area contributed by atoms with Crippen LogP contribution in [-0.4, -0.2) is 20.2 Å². The van der Waals surface area contributed by atoms with Gasteiger partial charge in [0.05, 0.1) is 5.56 Å². The van der Waals surface area contributed by atoms with Gasteiger partial charge in [0.1, 0.15) is 5.82 Å². The predicted molar refractivity (Wildman–Crippen MR) is 48.9 cm³/mol. The molecule has 2 rings (SSSR count). The third kappa shape index (κ3) is 1.26. The Bertz CT molecular complexity index is 443. The zero-order valence-corrected chi connectivity index (χ0v) is 7.90. The summed E-state index contributed by atoms with van der Waals surface area (Å²) in [6, 6.07) is 4.89. The molecule has 0 aliphatic heterocycles. The molecule has 14 heavy (non-hydrogen) atoms. The number of tetrazole rings is 1. The van der Waals surface area contributed by atoms with E-state index in [1.807, 2.05) is 13.0 Å². The van der Waals surface area contributed by atoms with Crippen molar-refractivity contribution in [1.82, 2.24) is 20.2 Å². The van der Waals surface area contributed by atoms with E-state index in [9.17, 15) is 4.39 Å². The molecule has 0 radical (unpaired) electrons. The summed E-state index contributed by atoms with van der Waals surface area (Å²) in [5.41, 5.74) is 1.28. The van der Waals surface area contributed by atoms with Crippen LogP contribution in [0.15, 0.2) is 18.2 Å². The summed E-state index contributed by atoms with van der Waals surface area (Å²) in [5.74, 6) is 0.142. The standard InChI is InChI=1S/C9H9FN4/c1-6-4-3-5-7(10)8(6)9-11-12-13-14(9)2/h3-5H,1-2H3. The second-order valence-electron chi connectivity index (χ2n) is 3.06. The molecule has 72 valence electrons. The first-order chi connectivity index (χ1) is 6.70. The number of rotatable bonds is 1. The summed E-state index contributed by atoms with van der Waals surface area (Å²) in [6.45, 7) is 1.83. The van der Waals surface area contributed by atoms with Crippen molar-refractivity contribution in [2.45, 2.75) is 6.92 Å². The molecule has 0 aliphatic rings. The summed E-state index contributed by atoms with van der Waals surface area (Å²) in [6.07, 6.45) is 0. The van der Waals surface area contributed by atoms with Crippen molar-refractivity contribution < 1.29 is 4.39 Å². The van der Waals surface area contributed by atoms with Crippen LogP contribution in [0.2, 0.25) is 0 Å². The minimum Gasteiger partial charge on any atom is -0.228 e. The van der Waals surface area contributed by atoms with Gasteiger partial charge < -0.3 is 0 Å². The van der Waals surface area contributed by atoms with Crippen molar-refractivity contribution in [2.24, 2.45) is 7.05 Å². The van der Waals surface area contributed by atoms with Crippen molar-refractivity contribution in [1.29, 1.82) is 0 Å². The predicted octanol–water partition coefficient (Wildman–Crippen LogP) is 1.32. The van der Waals surface area contributed by atoms with E-state index < -0.39 is 0 Å². The third-order valence-electron chi connectivity index (χ3n) is 2.07. The Balaban J connectivity index is 2.68. The molecule has 1 aromatic heterocycles. The maximum Gasteiger partial charge on any atom is 0.184 e. The maximum absolute atomic E-state index is 13.5. The van der Waals surface area contributed by atoms with E-state index in [2.05, 4.69) is 15.5 Å². The average molecular weight is 192 g/mol. The van der Waals surface area contributed by atoms with Gasteiger partial charge in [-0.3, -0.25) is 0 Å². The fraction of sp³-hybridized carbons (Fsp3) is 0.222. The fourth-order valence-corrected chi connectivity index (χ4v) is 1.36. The molecular weight excluding hydrogens is 183 g/mol. The highest BCUT2D eigenvalue weighted by molar-refractivity contribution is 5.60. The van der Waals surface area contributed by atoms with E-state index in [0.717, 1.165) is 5.56 Å². The molecule has 0 fully saturated rings. The number of aromatic nitrogens is 4. The van der Waals surface area contributed by atoms with Gasteiger partial charge in [-0.1, -0.05) is 12.1 Å². The molecule has 0 saturated carbocycles. The Morgan fingerprint density at radius 1 is 1.36 bits per heavy atom. The van der Waals surface area contributed by atoms with Crippen molar-refractivity contribution in [3.63, 3.8) is 0 Å². The van der Waals surface area contributed by atoms with Crippen LogP contribution in [-0.2, 0) is 7.05 Å². The molecule has 0 atom stereocenters. The number of hydrogen-bond acceptors (Lipinski definition) is 3. The zero-order valence-electron chi connectivity index (χ0n) is 7.90. The fourth-order valence-electron chi connectivity index (χ4n) is 1.36. The van der Waals surface area contributed by atoms with Crippen LogP contribution in [0.4, 0.5) is 4.39 Å². The SMILES string of the molecule is Cc1cccc(F)c1-c1nnnn1C. The van der Waals surface area contributed by atoms with Gasteiger partial charge >= 0.3 is 0 Å². The van der Waals surface area contributed by atoms with E-state index >= 15 is 0 Å². The lowest BCUT2D eigenvalue weighted by Gasteiger charge is -2.04. The van der Waals surface area contributed by atoms with E-state index in [1.54, 1.807) is 13.1 Å². The zero-order chi connectivity index (χ0) is 10.1. The van der Waals surface area contributed by atoms with Crippen LogP contribution < -0.4 is 0 Å². The number of hydrogen-bond donors (Lipinski definition) is 0. The summed E-state index contributed by atoms with van der Waals surface area (Å²) >= 11 is 0. The highest BCUT2D eigenvalue weighted by Crippen LogP contribution is 2.22. The molecule has 0 saturated heterocycles. The van der Waals surface area contributed by atoms with Gasteiger partial charge in [0.2, 0.25) is 0 Å². The molecule has 0 bridgehead atoms. The van der Waals surface area contributed by atoms with E-state index in [0.29, 0.717) is 11.4 Å². The smallest absolute Gasteiger partial charge is 0.184 e. The molecule has 0 amide bonds. The Morgan fingerprint density at radius 2 is 2.14 bits per heavy atom. The monoisotopic (exact) mass is 192 g/mol. The van der Waals surface area contributed by atoms with Crippen molar-refractivity contribution in [3.8, 4) is 11.4 Å². The van der Waals surface area contributed by atoms with Crippen molar-refractivity contribution in [2.75, 3.05) is 0 Å². The van der Waals surface area contributed by atoms with Crippen LogP contribution in [0.1, 0.15) is 5.56 Å². The molecule has 5 heteroatoms. The van der Waals surface area contributed by atoms with Crippen LogP contribution in [0.5, 0.6) is 0 Å². The van der Waals surface area contributed by atoms with Gasteiger partial charge in [0.15, 0.2) is 5.82 Å². The topological polar surface area (TPSA) is 43.6 Å². The molecule has 0 unspecified atom stereocenters. The molecule has 0 N–H and O–H groups in total. The van der Waals surface area contributed by atoms with Crippen molar-refractivity contribution >= 4 is 0 Å². The highest BCUT2D eigenvalue weighted by Gasteiger charge is 2.13. The lowest BCUT2D eigenvalue weighted by Crippen LogP contribution is -1.98. The molecule has 2 aromatic rings. The largest absolute Gasteiger partial charge is 0.228 e. The quantitative estimate of drug-likeness (QED) is 0.684. The molecule has 0 aliphatic carbocycles. The van der Waals surface area contributed by atoms with Gasteiger partial charge in [0.25, 0.3) is 0 Å². The van der Waals surface area contributed by atoms with E-state index in [4.69, 9.17) is 0 Å². The van der Waals surface area contributed by atoms with E-state index in [-0.39, 0.29) is 5.82 Å². The average Bonchev–Trinajstić information content (AvgIpc) is 2.52. The Hall–Kier alpha value is -1.78. The Labute approximate surface area is 80.4 Å². The summed E-state index contributed by atoms with van der Waals surface area (Å²) in [4.78, 5) is 0. The van der Waals surface area contributed by atoms with Gasteiger partial charge in [-0.2, -0.15) is 0 Å². The first-order valence-electron chi connectivity index (χ1n) is 4.18. The highest BCUT2D eigenvalue weighted by atomic mass is 19.1. The molecular formula is C9H9FN4. The first-order valence-corrected chi connectivity index (χ1v) is 4.18. The minimum absolute atomic E-state index is 0.303. The maximum atomic E-state index is 13.5. The molecule has 1 heterocycles. The van der Waals surface area contributed by atoms with Crippen LogP contribution >= 0.6 is 0 Å². The summed E-state index contributed by atoms with van der Waals surface area (Å²) < 4.78 is 14.9. The number of halogens is 1. The number of aryl methyl sites for hydroxylation is 2. The van der Waals surface area contributed by atoms with Gasteiger partial charge in [-0.15, -0.1) is 5.10 Å². The third-order valence-corrected chi connectivity index (χ3v) is 2.07. The molecule has 0 spiro atoms. The van der Waals surface area contributed by atoms with Crippen LogP contribution in [0.25, 0.3) is 11.4 Å².